The minimum Gasteiger partial charge on any atom is -0.508 e. The van der Waals surface area contributed by atoms with Gasteiger partial charge in [0.15, 0.2) is 5.71 Å². The van der Waals surface area contributed by atoms with Crippen molar-refractivity contribution in [3.8, 4) is 5.75 Å². The Kier molecular flexibility index (Phi) is 5.82. The SMILES string of the molecule is NC(=O)OCC1=C(C(=O)O)N2C(=O)C(NC(=O)/C(=N/O)c3cccc(O)c3)[C@H]2SC1. The van der Waals surface area contributed by atoms with Crippen molar-refractivity contribution in [3.63, 3.8) is 0 Å². The van der Waals surface area contributed by atoms with Crippen LogP contribution in [0.3, 0.4) is 0 Å². The number of nitrogens with one attached hydrogen (secondary N) is 1. The third-order valence-electron chi connectivity index (χ3n) is 4.36. The van der Waals surface area contributed by atoms with Gasteiger partial charge in [-0.25, -0.2) is 9.59 Å². The number of benzene rings is 1. The number of amides is 3. The minimum absolute atomic E-state index is 0.118. The van der Waals surface area contributed by atoms with Crippen LogP contribution in [0.1, 0.15) is 5.56 Å². The summed E-state index contributed by atoms with van der Waals surface area (Å²) in [5.74, 6) is -2.99. The van der Waals surface area contributed by atoms with Gasteiger partial charge >= 0.3 is 12.1 Å². The maximum Gasteiger partial charge on any atom is 0.404 e. The maximum absolute atomic E-state index is 12.6. The molecule has 2 heterocycles. The molecule has 1 fully saturated rings. The summed E-state index contributed by atoms with van der Waals surface area (Å²) < 4.78 is 4.63. The number of oxime groups is 1. The van der Waals surface area contributed by atoms with Crippen molar-refractivity contribution in [2.24, 2.45) is 10.9 Å². The molecule has 3 amide bonds. The zero-order valence-electron chi connectivity index (χ0n) is 15.1. The lowest BCUT2D eigenvalue weighted by Crippen LogP contribution is -2.71. The summed E-state index contributed by atoms with van der Waals surface area (Å²) >= 11 is 1.16. The van der Waals surface area contributed by atoms with Crippen molar-refractivity contribution in [1.29, 1.82) is 0 Å². The van der Waals surface area contributed by atoms with E-state index in [2.05, 4.69) is 15.2 Å². The summed E-state index contributed by atoms with van der Waals surface area (Å²) in [6, 6.07) is 4.37. The topological polar surface area (TPSA) is 192 Å². The molecule has 158 valence electrons. The monoisotopic (exact) mass is 436 g/mol. The maximum atomic E-state index is 12.6. The summed E-state index contributed by atoms with van der Waals surface area (Å²) in [7, 11) is 0. The number of hydrogen-bond acceptors (Lipinski definition) is 9. The van der Waals surface area contributed by atoms with E-state index < -0.39 is 41.0 Å². The molecule has 6 N–H and O–H groups in total. The second-order valence-electron chi connectivity index (χ2n) is 6.22. The van der Waals surface area contributed by atoms with Gasteiger partial charge in [0.05, 0.1) is 0 Å². The quantitative estimate of drug-likeness (QED) is 0.168. The third kappa shape index (κ3) is 3.87. The normalized spacial score (nSPS) is 20.9. The van der Waals surface area contributed by atoms with Crippen LogP contribution in [-0.4, -0.2) is 73.7 Å². The van der Waals surface area contributed by atoms with Crippen LogP contribution >= 0.6 is 11.8 Å². The molecule has 2 atom stereocenters. The molecule has 1 aromatic rings. The molecule has 30 heavy (non-hydrogen) atoms. The number of ether oxygens (including phenoxy) is 1. The van der Waals surface area contributed by atoms with Gasteiger partial charge in [0.25, 0.3) is 11.8 Å². The first kappa shape index (κ1) is 21.0. The average molecular weight is 436 g/mol. The van der Waals surface area contributed by atoms with E-state index in [9.17, 15) is 34.6 Å². The number of carboxylic acid groups (broad SMARTS) is 1. The van der Waals surface area contributed by atoms with E-state index in [4.69, 9.17) is 5.73 Å². The number of phenols is 1. The fraction of sp³-hybridized carbons (Fsp3) is 0.235. The Morgan fingerprint density at radius 2 is 2.10 bits per heavy atom. The van der Waals surface area contributed by atoms with Crippen molar-refractivity contribution < 1.29 is 39.3 Å². The summed E-state index contributed by atoms with van der Waals surface area (Å²) in [5, 5.41) is 32.9. The number of rotatable bonds is 6. The van der Waals surface area contributed by atoms with E-state index in [1.54, 1.807) is 0 Å². The number of primary amides is 1. The largest absolute Gasteiger partial charge is 0.508 e. The van der Waals surface area contributed by atoms with Gasteiger partial charge in [0.1, 0.15) is 29.5 Å². The molecule has 0 radical (unpaired) electrons. The predicted molar refractivity (Wildman–Crippen MR) is 102 cm³/mol. The standard InChI is InChI=1S/C17H16N4O8S/c18-17(27)29-5-8-6-30-15-11(14(24)21(15)12(8)16(25)26)19-13(23)10(20-28)7-2-1-3-9(22)4-7/h1-4,11,15,22,28H,5-6H2,(H2,18,27)(H,19,23)(H,25,26)/b20-10+/t11?,15-/m1/s1. The summed E-state index contributed by atoms with van der Waals surface area (Å²) in [6.45, 7) is -0.379. The van der Waals surface area contributed by atoms with E-state index >= 15 is 0 Å². The lowest BCUT2D eigenvalue weighted by molar-refractivity contribution is -0.150. The summed E-state index contributed by atoms with van der Waals surface area (Å²) in [6.07, 6.45) is -1.08. The van der Waals surface area contributed by atoms with Crippen LogP contribution in [0.4, 0.5) is 4.79 Å². The van der Waals surface area contributed by atoms with Crippen molar-refractivity contribution in [2.45, 2.75) is 11.4 Å². The molecule has 1 unspecified atom stereocenters. The number of aliphatic carboxylic acids is 1. The zero-order valence-corrected chi connectivity index (χ0v) is 16.0. The van der Waals surface area contributed by atoms with Crippen LogP contribution in [0.25, 0.3) is 0 Å². The molecule has 0 spiro atoms. The second-order valence-corrected chi connectivity index (χ2v) is 7.33. The molecular formula is C17H16N4O8S. The van der Waals surface area contributed by atoms with E-state index in [1.165, 1.54) is 24.3 Å². The fourth-order valence-corrected chi connectivity index (χ4v) is 4.38. The molecule has 0 aliphatic carbocycles. The van der Waals surface area contributed by atoms with Crippen LogP contribution in [0, 0.1) is 0 Å². The van der Waals surface area contributed by atoms with Gasteiger partial charge in [-0.05, 0) is 12.1 Å². The average Bonchev–Trinajstić information content (AvgIpc) is 2.70. The molecular weight excluding hydrogens is 420 g/mol. The van der Waals surface area contributed by atoms with Crippen LogP contribution in [-0.2, 0) is 19.1 Å². The van der Waals surface area contributed by atoms with Gasteiger partial charge in [0.2, 0.25) is 0 Å². The Bertz CT molecular complexity index is 992. The number of β-lactam (4-membered cyclic amide) rings is 1. The smallest absolute Gasteiger partial charge is 0.404 e. The lowest BCUT2D eigenvalue weighted by Gasteiger charge is -2.49. The van der Waals surface area contributed by atoms with Gasteiger partial charge in [-0.3, -0.25) is 14.5 Å². The van der Waals surface area contributed by atoms with E-state index in [-0.39, 0.29) is 34.9 Å². The number of carbonyl (C=O) groups is 4. The Labute approximate surface area is 173 Å². The lowest BCUT2D eigenvalue weighted by atomic mass is 10.0. The number of carbonyl (C=O) groups excluding carboxylic acids is 3. The first-order valence-electron chi connectivity index (χ1n) is 8.39. The first-order chi connectivity index (χ1) is 14.2. The number of nitrogens with zero attached hydrogens (tertiary/aromatic N) is 2. The van der Waals surface area contributed by atoms with E-state index in [0.717, 1.165) is 16.7 Å². The number of aromatic hydroxyl groups is 1. The van der Waals surface area contributed by atoms with Crippen molar-refractivity contribution in [1.82, 2.24) is 10.2 Å². The number of carboxylic acids is 1. The van der Waals surface area contributed by atoms with Crippen LogP contribution < -0.4 is 11.1 Å². The Hall–Kier alpha value is -3.74. The molecule has 2 aliphatic rings. The minimum atomic E-state index is -1.39. The highest BCUT2D eigenvalue weighted by Crippen LogP contribution is 2.40. The highest BCUT2D eigenvalue weighted by Gasteiger charge is 2.54. The molecule has 12 nitrogen and oxygen atoms in total. The Balaban J connectivity index is 1.77. The summed E-state index contributed by atoms with van der Waals surface area (Å²) in [5.41, 5.74) is 4.44. The third-order valence-corrected chi connectivity index (χ3v) is 5.70. The van der Waals surface area contributed by atoms with Crippen molar-refractivity contribution >= 4 is 41.4 Å². The molecule has 1 saturated heterocycles. The number of nitrogens with two attached hydrogens (primary N) is 1. The molecule has 13 heteroatoms. The van der Waals surface area contributed by atoms with Gasteiger partial charge in [-0.1, -0.05) is 17.3 Å². The van der Waals surface area contributed by atoms with Crippen molar-refractivity contribution in [2.75, 3.05) is 12.4 Å². The van der Waals surface area contributed by atoms with Gasteiger partial charge < -0.3 is 31.2 Å². The van der Waals surface area contributed by atoms with Crippen LogP contribution in [0.5, 0.6) is 5.75 Å². The van der Waals surface area contributed by atoms with Gasteiger partial charge in [0, 0.05) is 16.9 Å². The number of hydrogen-bond donors (Lipinski definition) is 5. The van der Waals surface area contributed by atoms with Crippen LogP contribution in [0.15, 0.2) is 40.7 Å². The Morgan fingerprint density at radius 1 is 1.37 bits per heavy atom. The molecule has 2 aliphatic heterocycles. The first-order valence-corrected chi connectivity index (χ1v) is 9.44. The number of fused-ring (bicyclic) bond motifs is 1. The van der Waals surface area contributed by atoms with Gasteiger partial charge in [-0.2, -0.15) is 0 Å². The molecule has 0 saturated carbocycles. The predicted octanol–water partition coefficient (Wildman–Crippen LogP) is -0.596. The molecule has 3 rings (SSSR count). The Morgan fingerprint density at radius 3 is 2.70 bits per heavy atom. The summed E-state index contributed by atoms with van der Waals surface area (Å²) in [4.78, 5) is 48.5. The zero-order chi connectivity index (χ0) is 22.0. The molecule has 0 bridgehead atoms. The number of thioether (sulfide) groups is 1. The molecule has 1 aromatic carbocycles. The highest BCUT2D eigenvalue weighted by molar-refractivity contribution is 8.00. The highest BCUT2D eigenvalue weighted by atomic mass is 32.2. The van der Waals surface area contributed by atoms with Crippen LogP contribution in [0.2, 0.25) is 0 Å². The fourth-order valence-electron chi connectivity index (χ4n) is 3.05. The van der Waals surface area contributed by atoms with Gasteiger partial charge in [-0.15, -0.1) is 11.8 Å². The van der Waals surface area contributed by atoms with Crippen molar-refractivity contribution in [3.05, 3.63) is 41.1 Å². The van der Waals surface area contributed by atoms with E-state index in [0.29, 0.717) is 0 Å². The number of phenolic OH excluding ortho intramolecular Hbond substituents is 1. The van der Waals surface area contributed by atoms with E-state index in [1.807, 2.05) is 0 Å². The second kappa shape index (κ2) is 8.32. The molecule has 0 aromatic heterocycles.